The van der Waals surface area contributed by atoms with Gasteiger partial charge < -0.3 is 15.1 Å². The van der Waals surface area contributed by atoms with Crippen molar-refractivity contribution < 1.29 is 10.2 Å². The van der Waals surface area contributed by atoms with Crippen LogP contribution in [-0.4, -0.2) is 48.0 Å². The van der Waals surface area contributed by atoms with Gasteiger partial charge in [-0.25, -0.2) is 0 Å². The molecular formula is C12H25NO2. The predicted octanol–water partition coefficient (Wildman–Crippen LogP) is 1.24. The van der Waals surface area contributed by atoms with E-state index in [1.165, 1.54) is 32.1 Å². The Morgan fingerprint density at radius 1 is 1.20 bits per heavy atom. The average Bonchev–Trinajstić information content (AvgIpc) is 2.27. The van der Waals surface area contributed by atoms with E-state index in [2.05, 4.69) is 11.9 Å². The zero-order valence-corrected chi connectivity index (χ0v) is 9.86. The normalized spacial score (nSPS) is 20.8. The van der Waals surface area contributed by atoms with Gasteiger partial charge in [0.1, 0.15) is 0 Å². The standard InChI is InChI=1S/C12H25NO2/c1-13(12(10-15)7-8-14)9-11-5-3-2-4-6-11/h11-12,14-15H,2-10H2,1H3. The Labute approximate surface area is 93.1 Å². The van der Waals surface area contributed by atoms with Crippen LogP contribution in [0.2, 0.25) is 0 Å². The quantitative estimate of drug-likeness (QED) is 0.700. The predicted molar refractivity (Wildman–Crippen MR) is 61.8 cm³/mol. The molecule has 0 aromatic rings. The van der Waals surface area contributed by atoms with Gasteiger partial charge in [0.05, 0.1) is 6.61 Å². The van der Waals surface area contributed by atoms with Gasteiger partial charge in [0.2, 0.25) is 0 Å². The van der Waals surface area contributed by atoms with Crippen LogP contribution in [0.5, 0.6) is 0 Å². The number of likely N-dealkylation sites (N-methyl/N-ethyl adjacent to an activating group) is 1. The van der Waals surface area contributed by atoms with Crippen LogP contribution in [0.4, 0.5) is 0 Å². The molecule has 1 aliphatic carbocycles. The van der Waals surface area contributed by atoms with Crippen LogP contribution >= 0.6 is 0 Å². The van der Waals surface area contributed by atoms with Crippen molar-refractivity contribution >= 4 is 0 Å². The van der Waals surface area contributed by atoms with Crippen molar-refractivity contribution in [3.8, 4) is 0 Å². The van der Waals surface area contributed by atoms with Gasteiger partial charge in [-0.05, 0) is 32.2 Å². The molecule has 1 fully saturated rings. The first-order chi connectivity index (χ1) is 7.27. The monoisotopic (exact) mass is 215 g/mol. The lowest BCUT2D eigenvalue weighted by molar-refractivity contribution is 0.100. The summed E-state index contributed by atoms with van der Waals surface area (Å²) in [6.07, 6.45) is 7.47. The summed E-state index contributed by atoms with van der Waals surface area (Å²) in [4.78, 5) is 2.21. The molecule has 1 rings (SSSR count). The molecule has 1 unspecified atom stereocenters. The maximum atomic E-state index is 9.20. The van der Waals surface area contributed by atoms with Crippen LogP contribution in [0.1, 0.15) is 38.5 Å². The molecule has 1 atom stereocenters. The van der Waals surface area contributed by atoms with Gasteiger partial charge >= 0.3 is 0 Å². The first-order valence-corrected chi connectivity index (χ1v) is 6.20. The molecular weight excluding hydrogens is 190 g/mol. The molecule has 0 heterocycles. The highest BCUT2D eigenvalue weighted by molar-refractivity contribution is 4.73. The van der Waals surface area contributed by atoms with Crippen molar-refractivity contribution in [3.05, 3.63) is 0 Å². The topological polar surface area (TPSA) is 43.7 Å². The van der Waals surface area contributed by atoms with E-state index in [4.69, 9.17) is 5.11 Å². The summed E-state index contributed by atoms with van der Waals surface area (Å²) in [7, 11) is 2.06. The van der Waals surface area contributed by atoms with E-state index in [1.54, 1.807) is 0 Å². The molecule has 1 saturated carbocycles. The molecule has 3 heteroatoms. The maximum absolute atomic E-state index is 9.20. The highest BCUT2D eigenvalue weighted by Gasteiger charge is 2.19. The second-order valence-electron chi connectivity index (χ2n) is 4.79. The minimum absolute atomic E-state index is 0.136. The second kappa shape index (κ2) is 7.20. The number of hydrogen-bond acceptors (Lipinski definition) is 3. The van der Waals surface area contributed by atoms with E-state index < -0.39 is 0 Å². The Hall–Kier alpha value is -0.120. The Kier molecular flexibility index (Phi) is 6.22. The summed E-state index contributed by atoms with van der Waals surface area (Å²) >= 11 is 0. The summed E-state index contributed by atoms with van der Waals surface area (Å²) in [5.74, 6) is 0.802. The average molecular weight is 215 g/mol. The van der Waals surface area contributed by atoms with Crippen molar-refractivity contribution in [3.63, 3.8) is 0 Å². The molecule has 0 aromatic carbocycles. The summed E-state index contributed by atoms with van der Waals surface area (Å²) in [5.41, 5.74) is 0. The molecule has 0 bridgehead atoms. The van der Waals surface area contributed by atoms with Crippen LogP contribution in [-0.2, 0) is 0 Å². The molecule has 0 spiro atoms. The smallest absolute Gasteiger partial charge is 0.0587 e. The number of aliphatic hydroxyl groups excluding tert-OH is 2. The Morgan fingerprint density at radius 2 is 1.87 bits per heavy atom. The molecule has 15 heavy (non-hydrogen) atoms. The number of nitrogens with zero attached hydrogens (tertiary/aromatic N) is 1. The maximum Gasteiger partial charge on any atom is 0.0587 e. The fourth-order valence-corrected chi connectivity index (χ4v) is 2.53. The molecule has 1 aliphatic rings. The molecule has 90 valence electrons. The lowest BCUT2D eigenvalue weighted by Crippen LogP contribution is -2.39. The highest BCUT2D eigenvalue weighted by Crippen LogP contribution is 2.24. The molecule has 0 saturated heterocycles. The molecule has 0 aromatic heterocycles. The first kappa shape index (κ1) is 12.9. The van der Waals surface area contributed by atoms with Crippen molar-refractivity contribution in [2.45, 2.75) is 44.6 Å². The number of hydrogen-bond donors (Lipinski definition) is 2. The summed E-state index contributed by atoms with van der Waals surface area (Å²) in [5, 5.41) is 18.1. The van der Waals surface area contributed by atoms with Crippen LogP contribution < -0.4 is 0 Å². The number of aliphatic hydroxyl groups is 2. The van der Waals surface area contributed by atoms with E-state index in [0.29, 0.717) is 6.42 Å². The van der Waals surface area contributed by atoms with Crippen molar-refractivity contribution in [2.75, 3.05) is 26.8 Å². The lowest BCUT2D eigenvalue weighted by atomic mass is 9.88. The minimum Gasteiger partial charge on any atom is -0.396 e. The van der Waals surface area contributed by atoms with Gasteiger partial charge in [0.25, 0.3) is 0 Å². The highest BCUT2D eigenvalue weighted by atomic mass is 16.3. The summed E-state index contributed by atoms with van der Waals surface area (Å²) in [6.45, 7) is 1.40. The van der Waals surface area contributed by atoms with Gasteiger partial charge in [-0.2, -0.15) is 0 Å². The molecule has 2 N–H and O–H groups in total. The van der Waals surface area contributed by atoms with Crippen molar-refractivity contribution in [2.24, 2.45) is 5.92 Å². The zero-order chi connectivity index (χ0) is 11.1. The largest absolute Gasteiger partial charge is 0.396 e. The van der Waals surface area contributed by atoms with Gasteiger partial charge in [0.15, 0.2) is 0 Å². The Morgan fingerprint density at radius 3 is 2.40 bits per heavy atom. The van der Waals surface area contributed by atoms with Crippen molar-refractivity contribution in [1.82, 2.24) is 4.90 Å². The lowest BCUT2D eigenvalue weighted by Gasteiger charge is -2.31. The fourth-order valence-electron chi connectivity index (χ4n) is 2.53. The van der Waals surface area contributed by atoms with E-state index in [-0.39, 0.29) is 19.3 Å². The van der Waals surface area contributed by atoms with E-state index in [0.717, 1.165) is 12.5 Å². The van der Waals surface area contributed by atoms with Crippen LogP contribution in [0.25, 0.3) is 0 Å². The van der Waals surface area contributed by atoms with E-state index in [9.17, 15) is 5.11 Å². The van der Waals surface area contributed by atoms with Crippen LogP contribution in [0.3, 0.4) is 0 Å². The van der Waals surface area contributed by atoms with Gasteiger partial charge in [-0.1, -0.05) is 19.3 Å². The summed E-state index contributed by atoms with van der Waals surface area (Å²) in [6, 6.07) is 0.136. The van der Waals surface area contributed by atoms with Crippen LogP contribution in [0.15, 0.2) is 0 Å². The van der Waals surface area contributed by atoms with Gasteiger partial charge in [-0.3, -0.25) is 0 Å². The Balaban J connectivity index is 2.27. The molecule has 0 amide bonds. The Bertz CT molecular complexity index is 158. The SMILES string of the molecule is CN(CC1CCCCC1)C(CO)CCO. The van der Waals surface area contributed by atoms with Crippen molar-refractivity contribution in [1.29, 1.82) is 0 Å². The van der Waals surface area contributed by atoms with E-state index in [1.807, 2.05) is 0 Å². The third-order valence-electron chi connectivity index (χ3n) is 3.57. The third-order valence-corrected chi connectivity index (χ3v) is 3.57. The molecule has 3 nitrogen and oxygen atoms in total. The van der Waals surface area contributed by atoms with Crippen LogP contribution in [0, 0.1) is 5.92 Å². The molecule has 0 aliphatic heterocycles. The first-order valence-electron chi connectivity index (χ1n) is 6.20. The van der Waals surface area contributed by atoms with Gasteiger partial charge in [-0.15, -0.1) is 0 Å². The molecule has 0 radical (unpaired) electrons. The minimum atomic E-state index is 0.136. The second-order valence-corrected chi connectivity index (χ2v) is 4.79. The van der Waals surface area contributed by atoms with Gasteiger partial charge in [0, 0.05) is 19.2 Å². The summed E-state index contributed by atoms with van der Waals surface area (Å²) < 4.78 is 0. The fraction of sp³-hybridized carbons (Fsp3) is 1.00. The number of rotatable bonds is 6. The van der Waals surface area contributed by atoms with E-state index >= 15 is 0 Å². The third kappa shape index (κ3) is 4.49. The zero-order valence-electron chi connectivity index (χ0n) is 9.86.